The average molecular weight is 503 g/mol. The monoisotopic (exact) mass is 502 g/mol. The summed E-state index contributed by atoms with van der Waals surface area (Å²) in [5.41, 5.74) is 3.92. The van der Waals surface area contributed by atoms with Crippen molar-refractivity contribution >= 4 is 39.8 Å². The van der Waals surface area contributed by atoms with Crippen molar-refractivity contribution in [3.63, 3.8) is 0 Å². The Morgan fingerprint density at radius 2 is 1.78 bits per heavy atom. The van der Waals surface area contributed by atoms with Gasteiger partial charge in [-0.1, -0.05) is 12.1 Å². The van der Waals surface area contributed by atoms with Crippen molar-refractivity contribution in [1.29, 1.82) is 0 Å². The minimum absolute atomic E-state index is 0.200. The predicted octanol–water partition coefficient (Wildman–Crippen LogP) is 5.23. The van der Waals surface area contributed by atoms with Crippen LogP contribution < -0.4 is 15.5 Å². The van der Waals surface area contributed by atoms with E-state index < -0.39 is 5.82 Å². The highest BCUT2D eigenvalue weighted by atomic mass is 19.1. The molecule has 2 N–H and O–H groups in total. The fraction of sp³-hybridized carbons (Fsp3) is 0.250. The molecule has 190 valence electrons. The molecule has 1 aliphatic rings. The molecule has 0 radical (unpaired) electrons. The highest BCUT2D eigenvalue weighted by Crippen LogP contribution is 2.32. The molecular formula is C28H28F2N6O. The zero-order valence-corrected chi connectivity index (χ0v) is 20.5. The number of piperazine rings is 1. The lowest BCUT2D eigenvalue weighted by molar-refractivity contribution is -0.114. The first-order chi connectivity index (χ1) is 18.0. The summed E-state index contributed by atoms with van der Waals surface area (Å²) in [7, 11) is 0. The SMILES string of the molecule is CC(=O)Nc1cccc(-c2c(F)ccc3cnc(Nc4ccc(N5CCN(CCF)CC5)cc4)nc23)c1. The number of amides is 1. The Morgan fingerprint density at radius 1 is 1.00 bits per heavy atom. The van der Waals surface area contributed by atoms with Gasteiger partial charge in [-0.2, -0.15) is 0 Å². The molecule has 1 aliphatic heterocycles. The number of halogens is 2. The largest absolute Gasteiger partial charge is 0.369 e. The maximum atomic E-state index is 15.1. The first-order valence-corrected chi connectivity index (χ1v) is 12.2. The number of rotatable bonds is 7. The molecule has 7 nitrogen and oxygen atoms in total. The smallest absolute Gasteiger partial charge is 0.227 e. The van der Waals surface area contributed by atoms with E-state index in [1.54, 1.807) is 36.5 Å². The molecule has 1 amide bonds. The van der Waals surface area contributed by atoms with E-state index in [2.05, 4.69) is 30.4 Å². The van der Waals surface area contributed by atoms with Crippen LogP contribution in [-0.2, 0) is 4.79 Å². The number of nitrogens with one attached hydrogen (secondary N) is 2. The van der Waals surface area contributed by atoms with Crippen LogP contribution in [0.15, 0.2) is 66.9 Å². The van der Waals surface area contributed by atoms with Gasteiger partial charge in [-0.05, 0) is 54.1 Å². The van der Waals surface area contributed by atoms with Crippen LogP contribution in [0.1, 0.15) is 6.92 Å². The van der Waals surface area contributed by atoms with E-state index in [4.69, 9.17) is 0 Å². The number of benzene rings is 3. The number of aromatic nitrogens is 2. The van der Waals surface area contributed by atoms with Gasteiger partial charge in [0.15, 0.2) is 0 Å². The summed E-state index contributed by atoms with van der Waals surface area (Å²) >= 11 is 0. The van der Waals surface area contributed by atoms with E-state index >= 15 is 4.39 Å². The summed E-state index contributed by atoms with van der Waals surface area (Å²) < 4.78 is 27.6. The first-order valence-electron chi connectivity index (χ1n) is 12.2. The van der Waals surface area contributed by atoms with Gasteiger partial charge in [0.2, 0.25) is 11.9 Å². The Labute approximate surface area is 214 Å². The second kappa shape index (κ2) is 10.9. The van der Waals surface area contributed by atoms with Gasteiger partial charge < -0.3 is 15.5 Å². The first kappa shape index (κ1) is 24.6. The topological polar surface area (TPSA) is 73.4 Å². The van der Waals surface area contributed by atoms with E-state index in [1.807, 2.05) is 24.3 Å². The van der Waals surface area contributed by atoms with Crippen molar-refractivity contribution < 1.29 is 13.6 Å². The lowest BCUT2D eigenvalue weighted by atomic mass is 10.0. The Bertz CT molecular complexity index is 1400. The Balaban J connectivity index is 1.37. The quantitative estimate of drug-likeness (QED) is 0.361. The lowest BCUT2D eigenvalue weighted by Crippen LogP contribution is -2.47. The van der Waals surface area contributed by atoms with Crippen LogP contribution in [0.25, 0.3) is 22.0 Å². The highest BCUT2D eigenvalue weighted by Gasteiger charge is 2.17. The molecular weight excluding hydrogens is 474 g/mol. The summed E-state index contributed by atoms with van der Waals surface area (Å²) in [6, 6.07) is 18.1. The van der Waals surface area contributed by atoms with Crippen molar-refractivity contribution in [2.75, 3.05) is 54.9 Å². The number of nitrogens with zero attached hydrogens (tertiary/aromatic N) is 4. The number of carbonyl (C=O) groups excluding carboxylic acids is 1. The predicted molar refractivity (Wildman–Crippen MR) is 144 cm³/mol. The number of hydrogen-bond donors (Lipinski definition) is 2. The van der Waals surface area contributed by atoms with Crippen molar-refractivity contribution in [1.82, 2.24) is 14.9 Å². The van der Waals surface area contributed by atoms with Gasteiger partial charge >= 0.3 is 0 Å². The molecule has 3 aromatic carbocycles. The molecule has 1 fully saturated rings. The van der Waals surface area contributed by atoms with Crippen LogP contribution in [0.3, 0.4) is 0 Å². The maximum Gasteiger partial charge on any atom is 0.227 e. The molecule has 0 aliphatic carbocycles. The summed E-state index contributed by atoms with van der Waals surface area (Å²) in [6.45, 7) is 5.03. The minimum Gasteiger partial charge on any atom is -0.369 e. The Morgan fingerprint density at radius 3 is 2.51 bits per heavy atom. The van der Waals surface area contributed by atoms with Gasteiger partial charge in [-0.15, -0.1) is 0 Å². The molecule has 0 saturated carbocycles. The zero-order chi connectivity index (χ0) is 25.8. The van der Waals surface area contributed by atoms with Crippen molar-refractivity contribution in [2.45, 2.75) is 6.92 Å². The third-order valence-electron chi connectivity index (χ3n) is 6.44. The second-order valence-electron chi connectivity index (χ2n) is 9.01. The van der Waals surface area contributed by atoms with Crippen LogP contribution in [0, 0.1) is 5.82 Å². The summed E-state index contributed by atoms with van der Waals surface area (Å²) in [5.74, 6) is -0.257. The highest BCUT2D eigenvalue weighted by molar-refractivity contribution is 5.96. The van der Waals surface area contributed by atoms with E-state index in [0.29, 0.717) is 40.2 Å². The summed E-state index contributed by atoms with van der Waals surface area (Å²) in [6.07, 6.45) is 1.66. The Kier molecular flexibility index (Phi) is 7.23. The van der Waals surface area contributed by atoms with Gasteiger partial charge in [0.1, 0.15) is 12.5 Å². The van der Waals surface area contributed by atoms with Crippen LogP contribution in [0.2, 0.25) is 0 Å². The lowest BCUT2D eigenvalue weighted by Gasteiger charge is -2.35. The van der Waals surface area contributed by atoms with Gasteiger partial charge in [-0.3, -0.25) is 9.69 Å². The normalized spacial score (nSPS) is 14.1. The number of fused-ring (bicyclic) bond motifs is 1. The van der Waals surface area contributed by atoms with E-state index in [-0.39, 0.29) is 12.6 Å². The molecule has 0 unspecified atom stereocenters. The van der Waals surface area contributed by atoms with Crippen LogP contribution in [-0.4, -0.2) is 60.2 Å². The third-order valence-corrected chi connectivity index (χ3v) is 6.44. The molecule has 1 aromatic heterocycles. The summed E-state index contributed by atoms with van der Waals surface area (Å²) in [4.78, 5) is 25.0. The van der Waals surface area contributed by atoms with Gasteiger partial charge in [0.25, 0.3) is 0 Å². The van der Waals surface area contributed by atoms with E-state index in [0.717, 1.165) is 37.6 Å². The van der Waals surface area contributed by atoms with Crippen molar-refractivity contribution in [3.8, 4) is 11.1 Å². The molecule has 0 spiro atoms. The molecule has 0 bridgehead atoms. The van der Waals surface area contributed by atoms with Gasteiger partial charge in [0.05, 0.1) is 5.52 Å². The van der Waals surface area contributed by atoms with Crippen LogP contribution in [0.5, 0.6) is 0 Å². The van der Waals surface area contributed by atoms with E-state index in [1.165, 1.54) is 13.0 Å². The fourth-order valence-corrected chi connectivity index (χ4v) is 4.60. The molecule has 1 saturated heterocycles. The third kappa shape index (κ3) is 5.67. The summed E-state index contributed by atoms with van der Waals surface area (Å²) in [5, 5.41) is 6.65. The van der Waals surface area contributed by atoms with Crippen LogP contribution >= 0.6 is 0 Å². The zero-order valence-electron chi connectivity index (χ0n) is 20.5. The number of carbonyl (C=O) groups is 1. The molecule has 0 atom stereocenters. The maximum absolute atomic E-state index is 15.1. The molecule has 4 aromatic rings. The number of hydrogen-bond acceptors (Lipinski definition) is 6. The number of alkyl halides is 1. The molecule has 37 heavy (non-hydrogen) atoms. The fourth-order valence-electron chi connectivity index (χ4n) is 4.60. The molecule has 2 heterocycles. The second-order valence-corrected chi connectivity index (χ2v) is 9.01. The Hall–Kier alpha value is -4.11. The minimum atomic E-state index is -0.409. The van der Waals surface area contributed by atoms with Gasteiger partial charge in [0, 0.05) is 73.9 Å². The average Bonchev–Trinajstić information content (AvgIpc) is 2.89. The number of anilines is 4. The van der Waals surface area contributed by atoms with Gasteiger partial charge in [-0.25, -0.2) is 18.7 Å². The van der Waals surface area contributed by atoms with Crippen molar-refractivity contribution in [3.05, 3.63) is 72.7 Å². The van der Waals surface area contributed by atoms with Crippen molar-refractivity contribution in [2.24, 2.45) is 0 Å². The molecule has 9 heteroatoms. The standard InChI is InChI=1S/C28H28F2N6O/c1-19(37)32-23-4-2-3-20(17-23)26-25(30)10-5-21-18-31-28(34-27(21)26)33-22-6-8-24(9-7-22)36-15-13-35(12-11-29)14-16-36/h2-10,17-18H,11-16H2,1H3,(H,32,37)(H,31,33,34). The van der Waals surface area contributed by atoms with Crippen LogP contribution in [0.4, 0.5) is 31.8 Å². The molecule has 5 rings (SSSR count). The van der Waals surface area contributed by atoms with E-state index in [9.17, 15) is 9.18 Å².